The van der Waals surface area contributed by atoms with Gasteiger partial charge in [-0.2, -0.15) is 0 Å². The number of carbonyl (C=O) groups is 3. The highest BCUT2D eigenvalue weighted by Crippen LogP contribution is 2.21. The summed E-state index contributed by atoms with van der Waals surface area (Å²) in [5, 5.41) is 0.576. The van der Waals surface area contributed by atoms with Gasteiger partial charge in [0.25, 0.3) is 11.8 Å². The average molecular weight is 419 g/mol. The fourth-order valence-corrected chi connectivity index (χ4v) is 3.30. The second kappa shape index (κ2) is 9.60. The second-order valence-corrected chi connectivity index (χ2v) is 7.45. The highest BCUT2D eigenvalue weighted by molar-refractivity contribution is 6.30. The summed E-state index contributed by atoms with van der Waals surface area (Å²) in [6, 6.07) is 10.3. The van der Waals surface area contributed by atoms with Crippen molar-refractivity contribution in [1.82, 2.24) is 9.80 Å². The number of rotatable bonds is 6. The van der Waals surface area contributed by atoms with Gasteiger partial charge in [0.1, 0.15) is 5.76 Å². The van der Waals surface area contributed by atoms with Gasteiger partial charge < -0.3 is 19.0 Å². The van der Waals surface area contributed by atoms with Gasteiger partial charge in [0, 0.05) is 30.7 Å². The lowest BCUT2D eigenvalue weighted by atomic mass is 9.96. The fraction of sp³-hybridized carbons (Fsp3) is 0.381. The molecule has 2 aromatic rings. The first-order chi connectivity index (χ1) is 13.9. The number of likely N-dealkylation sites (tertiary alicyclic amines) is 1. The molecule has 0 atom stereocenters. The van der Waals surface area contributed by atoms with E-state index < -0.39 is 5.97 Å². The number of carbonyl (C=O) groups excluding carboxylic acids is 3. The minimum Gasteiger partial charge on any atom is -0.467 e. The van der Waals surface area contributed by atoms with Crippen LogP contribution in [0.15, 0.2) is 47.1 Å². The zero-order chi connectivity index (χ0) is 20.8. The molecule has 1 saturated heterocycles. The number of nitrogens with zero attached hydrogens (tertiary/aromatic N) is 2. The molecule has 0 radical (unpaired) electrons. The van der Waals surface area contributed by atoms with E-state index in [0.29, 0.717) is 48.8 Å². The van der Waals surface area contributed by atoms with Crippen LogP contribution in [-0.4, -0.2) is 54.3 Å². The summed E-state index contributed by atoms with van der Waals surface area (Å²) in [4.78, 5) is 40.1. The first kappa shape index (κ1) is 20.9. The molecule has 1 aromatic heterocycles. The van der Waals surface area contributed by atoms with Crippen molar-refractivity contribution < 1.29 is 23.5 Å². The van der Waals surface area contributed by atoms with E-state index in [2.05, 4.69) is 0 Å². The van der Waals surface area contributed by atoms with E-state index in [9.17, 15) is 14.4 Å². The number of halogens is 1. The Morgan fingerprint density at radius 2 is 1.86 bits per heavy atom. The molecule has 0 saturated carbocycles. The third-order valence-corrected chi connectivity index (χ3v) is 5.20. The Morgan fingerprint density at radius 1 is 1.17 bits per heavy atom. The number of amides is 2. The number of ether oxygens (including phenoxy) is 1. The Hall–Kier alpha value is -2.80. The van der Waals surface area contributed by atoms with Gasteiger partial charge in [0.2, 0.25) is 0 Å². The van der Waals surface area contributed by atoms with Crippen molar-refractivity contribution in [2.24, 2.45) is 5.92 Å². The Labute approximate surface area is 174 Å². The molecule has 8 heteroatoms. The molecule has 0 bridgehead atoms. The van der Waals surface area contributed by atoms with Gasteiger partial charge in [-0.05, 0) is 49.2 Å². The van der Waals surface area contributed by atoms with Gasteiger partial charge in [-0.1, -0.05) is 11.6 Å². The maximum absolute atomic E-state index is 12.5. The van der Waals surface area contributed by atoms with Gasteiger partial charge in [-0.15, -0.1) is 0 Å². The van der Waals surface area contributed by atoms with E-state index >= 15 is 0 Å². The Kier molecular flexibility index (Phi) is 6.93. The standard InChI is InChI=1S/C21H23ClN2O5/c1-23(13-18-3-2-12-28-18)19(25)14-29-21(27)16-8-10-24(11-9-16)20(26)15-4-6-17(22)7-5-15/h2-7,12,16H,8-11,13-14H2,1H3. The summed E-state index contributed by atoms with van der Waals surface area (Å²) in [6.45, 7) is 0.940. The monoisotopic (exact) mass is 418 g/mol. The molecule has 1 fully saturated rings. The first-order valence-electron chi connectivity index (χ1n) is 9.42. The molecule has 2 heterocycles. The number of hydrogen-bond donors (Lipinski definition) is 0. The van der Waals surface area contributed by atoms with Crippen molar-refractivity contribution in [2.45, 2.75) is 19.4 Å². The first-order valence-corrected chi connectivity index (χ1v) is 9.79. The van der Waals surface area contributed by atoms with Gasteiger partial charge in [0.05, 0.1) is 18.7 Å². The lowest BCUT2D eigenvalue weighted by Crippen LogP contribution is -2.41. The highest BCUT2D eigenvalue weighted by Gasteiger charge is 2.29. The minimum atomic E-state index is -0.400. The smallest absolute Gasteiger partial charge is 0.309 e. The van der Waals surface area contributed by atoms with Crippen LogP contribution in [0.25, 0.3) is 0 Å². The van der Waals surface area contributed by atoms with Gasteiger partial charge in [-0.25, -0.2) is 0 Å². The Bertz CT molecular complexity index is 842. The average Bonchev–Trinajstić information content (AvgIpc) is 3.25. The molecule has 1 aromatic carbocycles. The predicted octanol–water partition coefficient (Wildman–Crippen LogP) is 2.99. The lowest BCUT2D eigenvalue weighted by molar-refractivity contribution is -0.156. The van der Waals surface area contributed by atoms with Crippen LogP contribution in [0.3, 0.4) is 0 Å². The van der Waals surface area contributed by atoms with Gasteiger partial charge in [0.15, 0.2) is 6.61 Å². The normalized spacial score (nSPS) is 14.5. The summed E-state index contributed by atoms with van der Waals surface area (Å²) in [5.41, 5.74) is 0.570. The summed E-state index contributed by atoms with van der Waals surface area (Å²) < 4.78 is 10.4. The Morgan fingerprint density at radius 3 is 2.48 bits per heavy atom. The van der Waals surface area contributed by atoms with Crippen molar-refractivity contribution in [1.29, 1.82) is 0 Å². The summed E-state index contributed by atoms with van der Waals surface area (Å²) in [7, 11) is 1.62. The molecule has 1 aliphatic rings. The van der Waals surface area contributed by atoms with E-state index in [1.165, 1.54) is 11.2 Å². The number of hydrogen-bond acceptors (Lipinski definition) is 5. The maximum atomic E-state index is 12.5. The van der Waals surface area contributed by atoms with Crippen molar-refractivity contribution in [3.63, 3.8) is 0 Å². The van der Waals surface area contributed by atoms with Crippen molar-refractivity contribution in [2.75, 3.05) is 26.7 Å². The SMILES string of the molecule is CN(Cc1ccco1)C(=O)COC(=O)C1CCN(C(=O)c2ccc(Cl)cc2)CC1. The molecule has 29 heavy (non-hydrogen) atoms. The van der Waals surface area contributed by atoms with Crippen LogP contribution in [0.4, 0.5) is 0 Å². The molecule has 2 amide bonds. The van der Waals surface area contributed by atoms with Crippen molar-refractivity contribution in [3.8, 4) is 0 Å². The van der Waals surface area contributed by atoms with Crippen LogP contribution < -0.4 is 0 Å². The fourth-order valence-electron chi connectivity index (χ4n) is 3.18. The topological polar surface area (TPSA) is 80.1 Å². The quantitative estimate of drug-likeness (QED) is 0.674. The van der Waals surface area contributed by atoms with Crippen LogP contribution in [-0.2, 0) is 20.9 Å². The predicted molar refractivity (Wildman–Crippen MR) is 106 cm³/mol. The van der Waals surface area contributed by atoms with E-state index in [-0.39, 0.29) is 24.3 Å². The second-order valence-electron chi connectivity index (χ2n) is 7.01. The molecule has 3 rings (SSSR count). The lowest BCUT2D eigenvalue weighted by Gasteiger charge is -2.31. The molecule has 1 aliphatic heterocycles. The molecule has 7 nitrogen and oxygen atoms in total. The summed E-state index contributed by atoms with van der Waals surface area (Å²) >= 11 is 5.85. The number of esters is 1. The minimum absolute atomic E-state index is 0.0804. The van der Waals surface area contributed by atoms with Crippen LogP contribution >= 0.6 is 11.6 Å². The number of piperidine rings is 1. The maximum Gasteiger partial charge on any atom is 0.309 e. The summed E-state index contributed by atoms with van der Waals surface area (Å²) in [6.07, 6.45) is 2.56. The van der Waals surface area contributed by atoms with Gasteiger partial charge in [-0.3, -0.25) is 14.4 Å². The number of benzene rings is 1. The van der Waals surface area contributed by atoms with E-state index in [1.807, 2.05) is 0 Å². The van der Waals surface area contributed by atoms with Crippen LogP contribution in [0.5, 0.6) is 0 Å². The molecule has 0 N–H and O–H groups in total. The number of likely N-dealkylation sites (N-methyl/N-ethyl adjacent to an activating group) is 1. The van der Waals surface area contributed by atoms with E-state index in [1.54, 1.807) is 48.3 Å². The van der Waals surface area contributed by atoms with Crippen LogP contribution in [0.2, 0.25) is 5.02 Å². The third-order valence-electron chi connectivity index (χ3n) is 4.94. The van der Waals surface area contributed by atoms with E-state index in [0.717, 1.165) is 0 Å². The highest BCUT2D eigenvalue weighted by atomic mass is 35.5. The van der Waals surface area contributed by atoms with Crippen LogP contribution in [0.1, 0.15) is 29.0 Å². The molecule has 0 spiro atoms. The Balaban J connectivity index is 1.42. The molecule has 0 aliphatic carbocycles. The third kappa shape index (κ3) is 5.60. The summed E-state index contributed by atoms with van der Waals surface area (Å²) in [5.74, 6) is -0.436. The zero-order valence-corrected chi connectivity index (χ0v) is 16.9. The van der Waals surface area contributed by atoms with Crippen molar-refractivity contribution in [3.05, 3.63) is 59.0 Å². The molecule has 0 unspecified atom stereocenters. The molecular weight excluding hydrogens is 396 g/mol. The zero-order valence-electron chi connectivity index (χ0n) is 16.2. The van der Waals surface area contributed by atoms with Gasteiger partial charge >= 0.3 is 5.97 Å². The molecule has 154 valence electrons. The van der Waals surface area contributed by atoms with E-state index in [4.69, 9.17) is 20.8 Å². The largest absolute Gasteiger partial charge is 0.467 e. The number of furan rings is 1. The molecular formula is C21H23ClN2O5. The van der Waals surface area contributed by atoms with Crippen molar-refractivity contribution >= 4 is 29.4 Å². The van der Waals surface area contributed by atoms with Crippen LogP contribution in [0, 0.1) is 5.92 Å².